The summed E-state index contributed by atoms with van der Waals surface area (Å²) in [6.45, 7) is 15.0. The first kappa shape index (κ1) is 34.4. The molecule has 3 fully saturated rings. The van der Waals surface area contributed by atoms with Crippen molar-refractivity contribution in [1.82, 2.24) is 0 Å². The number of carbonyl (C=O) groups is 1. The quantitative estimate of drug-likeness (QED) is 0.119. The van der Waals surface area contributed by atoms with Crippen LogP contribution in [0.25, 0.3) is 0 Å². The van der Waals surface area contributed by atoms with Gasteiger partial charge in [0.2, 0.25) is 8.32 Å². The lowest BCUT2D eigenvalue weighted by Gasteiger charge is -2.36. The van der Waals surface area contributed by atoms with Crippen LogP contribution in [0.15, 0.2) is 36.4 Å². The maximum Gasteiger partial charge on any atom is 0.250 e. The van der Waals surface area contributed by atoms with Gasteiger partial charge in [0.05, 0.1) is 12.2 Å². The second-order valence-corrected chi connectivity index (χ2v) is 19.1. The third-order valence-electron chi connectivity index (χ3n) is 9.81. The summed E-state index contributed by atoms with van der Waals surface area (Å²) in [4.78, 5) is 13.6. The van der Waals surface area contributed by atoms with Crippen molar-refractivity contribution in [1.29, 1.82) is 0 Å². The Labute approximate surface area is 262 Å². The van der Waals surface area contributed by atoms with Gasteiger partial charge in [0.1, 0.15) is 11.5 Å². The molecule has 2 heterocycles. The highest BCUT2D eigenvalue weighted by molar-refractivity contribution is 6.74. The Balaban J connectivity index is 1.53. The van der Waals surface area contributed by atoms with E-state index in [1.165, 1.54) is 12.8 Å². The first-order chi connectivity index (χ1) is 20.6. The zero-order valence-electron chi connectivity index (χ0n) is 27.8. The van der Waals surface area contributed by atoms with Crippen molar-refractivity contribution in [2.75, 3.05) is 13.2 Å². The molecule has 242 valence electrons. The monoisotopic (exact) mass is 614 g/mol. The highest BCUT2D eigenvalue weighted by Crippen LogP contribution is 2.39. The third-order valence-corrected chi connectivity index (χ3v) is 14.2. The van der Waals surface area contributed by atoms with Crippen LogP contribution in [0.1, 0.15) is 104 Å². The van der Waals surface area contributed by atoms with E-state index in [4.69, 9.17) is 23.4 Å². The molecule has 1 aliphatic carbocycles. The number of ketones is 1. The molecule has 1 saturated carbocycles. The van der Waals surface area contributed by atoms with Crippen LogP contribution < -0.4 is 4.43 Å². The predicted octanol–water partition coefficient (Wildman–Crippen LogP) is 8.78. The molecule has 0 bridgehead atoms. The molecule has 0 unspecified atom stereocenters. The molecule has 1 aromatic rings. The van der Waals surface area contributed by atoms with Crippen LogP contribution in [-0.4, -0.2) is 52.1 Å². The number of carbonyl (C=O) groups excluding carboxylic acids is 1. The Morgan fingerprint density at radius 1 is 1.02 bits per heavy atom. The van der Waals surface area contributed by atoms with E-state index in [9.17, 15) is 4.79 Å². The summed E-state index contributed by atoms with van der Waals surface area (Å²) in [5.74, 6) is 0.981. The summed E-state index contributed by atoms with van der Waals surface area (Å²) in [6.07, 6.45) is 15.6. The molecule has 6 atom stereocenters. The van der Waals surface area contributed by atoms with Crippen LogP contribution in [-0.2, 0) is 30.2 Å². The second-order valence-electron chi connectivity index (χ2n) is 14.4. The number of ether oxygens (including phenoxy) is 4. The molecule has 2 aliphatic heterocycles. The van der Waals surface area contributed by atoms with Crippen LogP contribution in [0.3, 0.4) is 0 Å². The fourth-order valence-electron chi connectivity index (χ4n) is 6.13. The predicted molar refractivity (Wildman–Crippen MR) is 175 cm³/mol. The number of benzene rings is 1. The largest absolute Gasteiger partial charge is 0.543 e. The van der Waals surface area contributed by atoms with E-state index in [-0.39, 0.29) is 47.4 Å². The van der Waals surface area contributed by atoms with Crippen molar-refractivity contribution >= 4 is 14.1 Å². The highest BCUT2D eigenvalue weighted by Gasteiger charge is 2.43. The summed E-state index contributed by atoms with van der Waals surface area (Å²) in [5, 5.41) is 0.116. The minimum atomic E-state index is -1.97. The number of hydrogen-bond acceptors (Lipinski definition) is 6. The molecule has 0 N–H and O–H groups in total. The molecule has 0 amide bonds. The normalized spacial score (nSPS) is 28.0. The first-order valence-corrected chi connectivity index (χ1v) is 20.0. The Kier molecular flexibility index (Phi) is 12.9. The number of hydrogen-bond donors (Lipinski definition) is 0. The fourth-order valence-corrected chi connectivity index (χ4v) is 7.15. The van der Waals surface area contributed by atoms with Crippen LogP contribution in [0, 0.1) is 11.8 Å². The molecule has 7 heteroatoms. The van der Waals surface area contributed by atoms with Crippen molar-refractivity contribution in [3.63, 3.8) is 0 Å². The molecular formula is C36H58O6Si. The van der Waals surface area contributed by atoms with E-state index in [2.05, 4.69) is 77.2 Å². The van der Waals surface area contributed by atoms with Gasteiger partial charge in [0.15, 0.2) is 12.6 Å². The molecule has 3 aliphatic rings. The molecule has 4 rings (SSSR count). The average molecular weight is 615 g/mol. The second kappa shape index (κ2) is 16.2. The van der Waals surface area contributed by atoms with E-state index >= 15 is 0 Å². The number of Topliss-reactive ketones (excluding diaryl/α,β-unsaturated/α-hetero) is 1. The minimum absolute atomic E-state index is 0.0288. The van der Waals surface area contributed by atoms with Gasteiger partial charge in [-0.05, 0) is 87.2 Å². The number of rotatable bonds is 14. The van der Waals surface area contributed by atoms with Crippen molar-refractivity contribution in [2.45, 2.75) is 148 Å². The smallest absolute Gasteiger partial charge is 0.250 e. The lowest BCUT2D eigenvalue weighted by Crippen LogP contribution is -2.43. The van der Waals surface area contributed by atoms with Crippen molar-refractivity contribution in [3.8, 4) is 5.75 Å². The van der Waals surface area contributed by atoms with Crippen molar-refractivity contribution < 1.29 is 28.2 Å². The maximum atomic E-state index is 13.6. The standard InChI is InChI=1S/C36H58O6Si/c1-7-8-9-16-28(40-34-18-10-12-22-38-34)20-21-30-31(32(37)26-33(30)41-35-19-11-13-23-39-35)25-27-15-14-17-29(24-27)42-43(5,6)36(2,3)4/h14-15,17,20-21,24,28,30-31,33-35H,7-13,16,18-19,22-23,25-26H2,1-6H3/b21-20+/t28-,30+,31+,33+,34-,35+/m0/s1. The topological polar surface area (TPSA) is 63.2 Å². The Bertz CT molecular complexity index is 1020. The maximum absolute atomic E-state index is 13.6. The van der Waals surface area contributed by atoms with Gasteiger partial charge >= 0.3 is 0 Å². The summed E-state index contributed by atoms with van der Waals surface area (Å²) in [6, 6.07) is 8.38. The lowest BCUT2D eigenvalue weighted by atomic mass is 9.87. The molecule has 0 radical (unpaired) electrons. The molecule has 43 heavy (non-hydrogen) atoms. The SMILES string of the molecule is CCCCC[C@@H](/C=C/[C@H]1[C@H](O[C@@H]2CCCCO2)CC(=O)[C@@H]1Cc1cccc(O[Si](C)(C)C(C)(C)C)c1)O[C@H]1CCCCO1. The van der Waals surface area contributed by atoms with Gasteiger partial charge in [-0.2, -0.15) is 0 Å². The average Bonchev–Trinajstić information content (AvgIpc) is 3.25. The fraction of sp³-hybridized carbons (Fsp3) is 0.750. The number of unbranched alkanes of at least 4 members (excludes halogenated alkanes) is 2. The molecule has 6 nitrogen and oxygen atoms in total. The summed E-state index contributed by atoms with van der Waals surface area (Å²) in [7, 11) is -1.97. The van der Waals surface area contributed by atoms with Crippen LogP contribution in [0.5, 0.6) is 5.75 Å². The summed E-state index contributed by atoms with van der Waals surface area (Å²) >= 11 is 0. The molecule has 1 aromatic carbocycles. The van der Waals surface area contributed by atoms with E-state index in [1.54, 1.807) is 0 Å². The van der Waals surface area contributed by atoms with Gasteiger partial charge < -0.3 is 23.4 Å². The molecular weight excluding hydrogens is 556 g/mol. The van der Waals surface area contributed by atoms with E-state index in [0.29, 0.717) is 12.8 Å². The van der Waals surface area contributed by atoms with Crippen LogP contribution >= 0.6 is 0 Å². The van der Waals surface area contributed by atoms with Gasteiger partial charge in [-0.3, -0.25) is 4.79 Å². The Hall–Kier alpha value is -1.51. The van der Waals surface area contributed by atoms with Crippen LogP contribution in [0.2, 0.25) is 18.1 Å². The van der Waals surface area contributed by atoms with E-state index < -0.39 is 8.32 Å². The van der Waals surface area contributed by atoms with Crippen molar-refractivity contribution in [3.05, 3.63) is 42.0 Å². The van der Waals surface area contributed by atoms with Crippen LogP contribution in [0.4, 0.5) is 0 Å². The van der Waals surface area contributed by atoms with Crippen molar-refractivity contribution in [2.24, 2.45) is 11.8 Å². The van der Waals surface area contributed by atoms with E-state index in [1.807, 2.05) is 0 Å². The zero-order chi connectivity index (χ0) is 30.9. The zero-order valence-corrected chi connectivity index (χ0v) is 28.8. The van der Waals surface area contributed by atoms with Gasteiger partial charge in [-0.15, -0.1) is 0 Å². The lowest BCUT2D eigenvalue weighted by molar-refractivity contribution is -0.192. The minimum Gasteiger partial charge on any atom is -0.543 e. The summed E-state index contributed by atoms with van der Waals surface area (Å²) in [5.41, 5.74) is 1.13. The van der Waals surface area contributed by atoms with Gasteiger partial charge in [-0.25, -0.2) is 0 Å². The van der Waals surface area contributed by atoms with E-state index in [0.717, 1.165) is 75.9 Å². The van der Waals surface area contributed by atoms with Gasteiger partial charge in [0, 0.05) is 31.5 Å². The Morgan fingerprint density at radius 3 is 2.40 bits per heavy atom. The Morgan fingerprint density at radius 2 is 1.74 bits per heavy atom. The molecule has 0 spiro atoms. The third kappa shape index (κ3) is 10.3. The first-order valence-electron chi connectivity index (χ1n) is 17.1. The molecule has 0 aromatic heterocycles. The van der Waals surface area contributed by atoms with Gasteiger partial charge in [-0.1, -0.05) is 71.2 Å². The summed E-state index contributed by atoms with van der Waals surface area (Å²) < 4.78 is 31.5. The molecule has 2 saturated heterocycles. The highest BCUT2D eigenvalue weighted by atomic mass is 28.4. The van der Waals surface area contributed by atoms with Gasteiger partial charge in [0.25, 0.3) is 0 Å².